The quantitative estimate of drug-likeness (QED) is 0.823. The Balaban J connectivity index is 2.01. The third kappa shape index (κ3) is 2.41. The average Bonchev–Trinajstić information content (AvgIpc) is 2.84. The highest BCUT2D eigenvalue weighted by molar-refractivity contribution is 5.04. The number of rotatable bonds is 4. The molecule has 1 heterocycles. The summed E-state index contributed by atoms with van der Waals surface area (Å²) in [5, 5.41) is 3.99. The number of nitrogens with two attached hydrogens (primary N) is 1. The molecule has 90 valence electrons. The van der Waals surface area contributed by atoms with Crippen molar-refractivity contribution in [1.82, 2.24) is 15.0 Å². The Morgan fingerprint density at radius 3 is 2.69 bits per heavy atom. The van der Waals surface area contributed by atoms with E-state index in [1.165, 1.54) is 0 Å². The van der Waals surface area contributed by atoms with Gasteiger partial charge in [0, 0.05) is 13.0 Å². The van der Waals surface area contributed by atoms with Crippen molar-refractivity contribution in [2.75, 3.05) is 20.6 Å². The van der Waals surface area contributed by atoms with Gasteiger partial charge in [0.15, 0.2) is 5.82 Å². The Bertz CT molecular complexity index is 342. The lowest BCUT2D eigenvalue weighted by Crippen LogP contribution is -2.33. The Morgan fingerprint density at radius 1 is 1.38 bits per heavy atom. The van der Waals surface area contributed by atoms with Gasteiger partial charge in [0.25, 0.3) is 0 Å². The van der Waals surface area contributed by atoms with E-state index in [-0.39, 0.29) is 5.54 Å². The molecule has 1 fully saturated rings. The van der Waals surface area contributed by atoms with Crippen molar-refractivity contribution in [2.24, 2.45) is 5.73 Å². The fraction of sp³-hybridized carbons (Fsp3) is 0.818. The van der Waals surface area contributed by atoms with E-state index >= 15 is 0 Å². The number of hydrogen-bond acceptors (Lipinski definition) is 5. The molecule has 0 aliphatic heterocycles. The van der Waals surface area contributed by atoms with Gasteiger partial charge >= 0.3 is 0 Å². The summed E-state index contributed by atoms with van der Waals surface area (Å²) in [5.41, 5.74) is 5.89. The normalized spacial score (nSPS) is 19.5. The summed E-state index contributed by atoms with van der Waals surface area (Å²) in [4.78, 5) is 6.51. The molecule has 0 bridgehead atoms. The molecule has 0 radical (unpaired) electrons. The maximum atomic E-state index is 6.24. The van der Waals surface area contributed by atoms with Gasteiger partial charge in [-0.25, -0.2) is 0 Å². The zero-order valence-corrected chi connectivity index (χ0v) is 10.1. The molecule has 0 saturated heterocycles. The molecule has 1 saturated carbocycles. The summed E-state index contributed by atoms with van der Waals surface area (Å²) in [6.07, 6.45) is 5.05. The molecule has 0 aromatic carbocycles. The van der Waals surface area contributed by atoms with Gasteiger partial charge in [-0.05, 0) is 26.9 Å². The van der Waals surface area contributed by atoms with Crippen LogP contribution in [0.1, 0.15) is 37.4 Å². The summed E-state index contributed by atoms with van der Waals surface area (Å²) in [7, 11) is 4.06. The van der Waals surface area contributed by atoms with Crippen LogP contribution in [-0.4, -0.2) is 35.7 Å². The van der Waals surface area contributed by atoms with Crippen LogP contribution in [0.4, 0.5) is 0 Å². The van der Waals surface area contributed by atoms with Gasteiger partial charge in [0.05, 0.1) is 5.54 Å². The van der Waals surface area contributed by atoms with E-state index in [1.807, 2.05) is 14.1 Å². The molecular formula is C11H20N4O. The zero-order valence-electron chi connectivity index (χ0n) is 10.1. The second-order valence-electron chi connectivity index (χ2n) is 4.93. The molecule has 16 heavy (non-hydrogen) atoms. The summed E-state index contributed by atoms with van der Waals surface area (Å²) in [6, 6.07) is 0. The van der Waals surface area contributed by atoms with Crippen molar-refractivity contribution in [3.63, 3.8) is 0 Å². The Hall–Kier alpha value is -0.940. The van der Waals surface area contributed by atoms with Crippen LogP contribution in [-0.2, 0) is 12.0 Å². The zero-order chi connectivity index (χ0) is 11.6. The topological polar surface area (TPSA) is 68.2 Å². The molecule has 2 N–H and O–H groups in total. The first kappa shape index (κ1) is 11.5. The van der Waals surface area contributed by atoms with Crippen LogP contribution in [0.15, 0.2) is 4.52 Å². The van der Waals surface area contributed by atoms with Gasteiger partial charge in [-0.15, -0.1) is 0 Å². The van der Waals surface area contributed by atoms with E-state index in [9.17, 15) is 0 Å². The Labute approximate surface area is 96.0 Å². The van der Waals surface area contributed by atoms with Crippen LogP contribution in [0.3, 0.4) is 0 Å². The summed E-state index contributed by atoms with van der Waals surface area (Å²) in [6.45, 7) is 0.927. The molecule has 5 heteroatoms. The summed E-state index contributed by atoms with van der Waals surface area (Å²) < 4.78 is 5.28. The van der Waals surface area contributed by atoms with Gasteiger partial charge in [0.2, 0.25) is 5.89 Å². The third-order valence-corrected chi connectivity index (χ3v) is 3.17. The minimum atomic E-state index is -0.358. The highest BCUT2D eigenvalue weighted by atomic mass is 16.5. The minimum Gasteiger partial charge on any atom is -0.337 e. The number of nitrogens with zero attached hydrogens (tertiary/aromatic N) is 3. The highest BCUT2D eigenvalue weighted by Gasteiger charge is 2.36. The van der Waals surface area contributed by atoms with Crippen molar-refractivity contribution >= 4 is 0 Å². The van der Waals surface area contributed by atoms with Crippen LogP contribution in [0.2, 0.25) is 0 Å². The smallest absolute Gasteiger partial charge is 0.246 e. The average molecular weight is 224 g/mol. The molecule has 2 rings (SSSR count). The fourth-order valence-electron chi connectivity index (χ4n) is 2.10. The fourth-order valence-corrected chi connectivity index (χ4v) is 2.10. The minimum absolute atomic E-state index is 0.358. The van der Waals surface area contributed by atoms with Crippen molar-refractivity contribution < 1.29 is 4.52 Å². The standard InChI is InChI=1S/C11H20N4O/c1-15(2)8-5-9-13-10(16-14-9)11(12)6-3-4-7-11/h3-8,12H2,1-2H3. The van der Waals surface area contributed by atoms with Crippen LogP contribution >= 0.6 is 0 Å². The molecule has 0 unspecified atom stereocenters. The van der Waals surface area contributed by atoms with E-state index in [0.717, 1.165) is 44.5 Å². The van der Waals surface area contributed by atoms with Crippen LogP contribution in [0, 0.1) is 0 Å². The van der Waals surface area contributed by atoms with Gasteiger partial charge in [-0.2, -0.15) is 4.98 Å². The monoisotopic (exact) mass is 224 g/mol. The van der Waals surface area contributed by atoms with E-state index in [2.05, 4.69) is 15.0 Å². The molecular weight excluding hydrogens is 204 g/mol. The van der Waals surface area contributed by atoms with E-state index in [4.69, 9.17) is 10.3 Å². The third-order valence-electron chi connectivity index (χ3n) is 3.17. The second kappa shape index (κ2) is 4.51. The first-order chi connectivity index (χ1) is 7.60. The molecule has 1 aliphatic carbocycles. The van der Waals surface area contributed by atoms with E-state index in [1.54, 1.807) is 0 Å². The predicted molar refractivity (Wildman–Crippen MR) is 60.9 cm³/mol. The molecule has 1 aliphatic rings. The van der Waals surface area contributed by atoms with Crippen molar-refractivity contribution in [1.29, 1.82) is 0 Å². The molecule has 1 aromatic rings. The lowest BCUT2D eigenvalue weighted by Gasteiger charge is -2.17. The highest BCUT2D eigenvalue weighted by Crippen LogP contribution is 2.35. The lowest BCUT2D eigenvalue weighted by atomic mass is 9.99. The molecule has 5 nitrogen and oxygen atoms in total. The maximum Gasteiger partial charge on any atom is 0.246 e. The first-order valence-electron chi connectivity index (χ1n) is 5.87. The van der Waals surface area contributed by atoms with Crippen molar-refractivity contribution in [2.45, 2.75) is 37.6 Å². The Kier molecular flexibility index (Phi) is 3.25. The largest absolute Gasteiger partial charge is 0.337 e. The Morgan fingerprint density at radius 2 is 2.06 bits per heavy atom. The second-order valence-corrected chi connectivity index (χ2v) is 4.93. The van der Waals surface area contributed by atoms with Gasteiger partial charge in [-0.3, -0.25) is 0 Å². The van der Waals surface area contributed by atoms with E-state index < -0.39 is 0 Å². The summed E-state index contributed by atoms with van der Waals surface area (Å²) >= 11 is 0. The number of hydrogen-bond donors (Lipinski definition) is 1. The van der Waals surface area contributed by atoms with Gasteiger partial charge < -0.3 is 15.2 Å². The molecule has 0 spiro atoms. The molecule has 0 atom stereocenters. The van der Waals surface area contributed by atoms with Crippen molar-refractivity contribution in [3.8, 4) is 0 Å². The first-order valence-corrected chi connectivity index (χ1v) is 5.87. The number of aromatic nitrogens is 2. The van der Waals surface area contributed by atoms with Gasteiger partial charge in [-0.1, -0.05) is 18.0 Å². The maximum absolute atomic E-state index is 6.24. The van der Waals surface area contributed by atoms with Crippen LogP contribution in [0.25, 0.3) is 0 Å². The molecule has 1 aromatic heterocycles. The van der Waals surface area contributed by atoms with E-state index in [0.29, 0.717) is 5.89 Å². The summed E-state index contributed by atoms with van der Waals surface area (Å²) in [5.74, 6) is 1.39. The molecule has 0 amide bonds. The number of likely N-dealkylation sites (N-methyl/N-ethyl adjacent to an activating group) is 1. The SMILES string of the molecule is CN(C)CCc1noc(C2(N)CCCC2)n1. The van der Waals surface area contributed by atoms with Crippen LogP contribution in [0.5, 0.6) is 0 Å². The van der Waals surface area contributed by atoms with Gasteiger partial charge in [0.1, 0.15) is 0 Å². The van der Waals surface area contributed by atoms with Crippen molar-refractivity contribution in [3.05, 3.63) is 11.7 Å². The predicted octanol–water partition coefficient (Wildman–Crippen LogP) is 0.902. The van der Waals surface area contributed by atoms with Crippen LogP contribution < -0.4 is 5.73 Å². The lowest BCUT2D eigenvalue weighted by molar-refractivity contribution is 0.283.